The Balaban J connectivity index is 2.96. The molecule has 9 heteroatoms. The predicted octanol–water partition coefficient (Wildman–Crippen LogP) is 2.33. The van der Waals surface area contributed by atoms with Crippen LogP contribution in [0.15, 0.2) is 24.3 Å². The molecule has 1 rings (SSSR count). The lowest BCUT2D eigenvalue weighted by atomic mass is 9.83. The molecule has 1 aromatic carbocycles. The largest absolute Gasteiger partial charge is 0.464 e. The molecule has 0 spiro atoms. The number of carbonyl (C=O) groups is 4. The minimum atomic E-state index is -0.947. The van der Waals surface area contributed by atoms with Crippen molar-refractivity contribution in [2.75, 3.05) is 13.2 Å². The van der Waals surface area contributed by atoms with E-state index in [0.717, 1.165) is 5.56 Å². The molecule has 0 saturated carbocycles. The molecule has 3 amide bonds. The van der Waals surface area contributed by atoms with E-state index < -0.39 is 29.4 Å². The van der Waals surface area contributed by atoms with Crippen LogP contribution in [0.2, 0.25) is 5.02 Å². The predicted molar refractivity (Wildman–Crippen MR) is 123 cm³/mol. The van der Waals surface area contributed by atoms with Crippen LogP contribution in [-0.4, -0.2) is 48.9 Å². The molecule has 0 aliphatic rings. The first-order valence-corrected chi connectivity index (χ1v) is 11.1. The molecule has 0 saturated heterocycles. The highest BCUT2D eigenvalue weighted by atomic mass is 35.5. The Bertz CT molecular complexity index is 808. The monoisotopic (exact) mass is 467 g/mol. The van der Waals surface area contributed by atoms with E-state index in [-0.39, 0.29) is 37.3 Å². The second-order valence-corrected chi connectivity index (χ2v) is 8.85. The van der Waals surface area contributed by atoms with Crippen LogP contribution in [0.1, 0.15) is 53.5 Å². The van der Waals surface area contributed by atoms with Crippen molar-refractivity contribution in [1.29, 1.82) is 0 Å². The summed E-state index contributed by atoms with van der Waals surface area (Å²) in [6.07, 6.45) is 0.166. The summed E-state index contributed by atoms with van der Waals surface area (Å²) < 4.78 is 5.04. The summed E-state index contributed by atoms with van der Waals surface area (Å²) in [4.78, 5) is 49.5. The molecule has 0 aliphatic heterocycles. The van der Waals surface area contributed by atoms with Crippen LogP contribution in [0, 0.1) is 5.92 Å². The molecule has 0 aliphatic carbocycles. The number of benzene rings is 1. The Labute approximate surface area is 194 Å². The highest BCUT2D eigenvalue weighted by molar-refractivity contribution is 6.30. The molecule has 8 nitrogen and oxygen atoms in total. The molecule has 178 valence electrons. The summed E-state index contributed by atoms with van der Waals surface area (Å²) in [6, 6.07) is 5.13. The summed E-state index contributed by atoms with van der Waals surface area (Å²) in [5.41, 5.74) is -0.161. The SMILES string of the molecule is CCOC(=O)[C@@H](CCNC(C)=O)NC(=O)[C@@H](NC(=O)C(C)(C)c1ccc(Cl)cc1)C(C)C. The number of esters is 1. The first kappa shape index (κ1) is 27.4. The molecule has 3 N–H and O–H groups in total. The van der Waals surface area contributed by atoms with Crippen LogP contribution in [0.5, 0.6) is 0 Å². The summed E-state index contributed by atoms with van der Waals surface area (Å²) >= 11 is 5.94. The van der Waals surface area contributed by atoms with E-state index in [1.165, 1.54) is 6.92 Å². The van der Waals surface area contributed by atoms with Gasteiger partial charge >= 0.3 is 5.97 Å². The normalized spacial score (nSPS) is 13.1. The number of nitrogens with one attached hydrogen (secondary N) is 3. The van der Waals surface area contributed by atoms with Gasteiger partial charge in [-0.15, -0.1) is 0 Å². The summed E-state index contributed by atoms with van der Waals surface area (Å²) in [6.45, 7) is 10.5. The fraction of sp³-hybridized carbons (Fsp3) is 0.565. The van der Waals surface area contributed by atoms with Gasteiger partial charge in [-0.25, -0.2) is 4.79 Å². The van der Waals surface area contributed by atoms with Gasteiger partial charge in [-0.2, -0.15) is 0 Å². The van der Waals surface area contributed by atoms with E-state index in [4.69, 9.17) is 16.3 Å². The van der Waals surface area contributed by atoms with Gasteiger partial charge in [0.2, 0.25) is 17.7 Å². The fourth-order valence-electron chi connectivity index (χ4n) is 3.00. The van der Waals surface area contributed by atoms with Gasteiger partial charge in [0, 0.05) is 18.5 Å². The lowest BCUT2D eigenvalue weighted by Gasteiger charge is -2.30. The number of rotatable bonds is 11. The average Bonchev–Trinajstić information content (AvgIpc) is 2.70. The minimum absolute atomic E-state index is 0.158. The summed E-state index contributed by atoms with van der Waals surface area (Å²) in [7, 11) is 0. The van der Waals surface area contributed by atoms with Crippen molar-refractivity contribution in [1.82, 2.24) is 16.0 Å². The maximum Gasteiger partial charge on any atom is 0.328 e. The van der Waals surface area contributed by atoms with Gasteiger partial charge in [0.15, 0.2) is 0 Å². The number of hydrogen-bond donors (Lipinski definition) is 3. The van der Waals surface area contributed by atoms with E-state index in [1.807, 2.05) is 0 Å². The summed E-state index contributed by atoms with van der Waals surface area (Å²) in [5, 5.41) is 8.64. The van der Waals surface area contributed by atoms with Crippen molar-refractivity contribution < 1.29 is 23.9 Å². The molecule has 0 aromatic heterocycles. The smallest absolute Gasteiger partial charge is 0.328 e. The van der Waals surface area contributed by atoms with Gasteiger partial charge in [-0.3, -0.25) is 14.4 Å². The van der Waals surface area contributed by atoms with Crippen molar-refractivity contribution in [2.45, 2.75) is 65.5 Å². The van der Waals surface area contributed by atoms with Crippen molar-refractivity contribution in [2.24, 2.45) is 5.92 Å². The lowest BCUT2D eigenvalue weighted by molar-refractivity contribution is -0.148. The molecule has 32 heavy (non-hydrogen) atoms. The van der Waals surface area contributed by atoms with Gasteiger partial charge < -0.3 is 20.7 Å². The quantitative estimate of drug-likeness (QED) is 0.432. The topological polar surface area (TPSA) is 114 Å². The summed E-state index contributed by atoms with van der Waals surface area (Å²) in [5.74, 6) is -1.91. The zero-order valence-electron chi connectivity index (χ0n) is 19.6. The molecule has 1 aromatic rings. The molecular formula is C23H34ClN3O5. The van der Waals surface area contributed by atoms with Crippen molar-refractivity contribution in [3.8, 4) is 0 Å². The highest BCUT2D eigenvalue weighted by Gasteiger charge is 2.35. The molecule has 0 radical (unpaired) electrons. The number of halogens is 1. The van der Waals surface area contributed by atoms with Gasteiger partial charge in [0.1, 0.15) is 12.1 Å². The zero-order chi connectivity index (χ0) is 24.5. The van der Waals surface area contributed by atoms with Crippen LogP contribution in [-0.2, 0) is 29.3 Å². The number of carbonyl (C=O) groups excluding carboxylic acids is 4. The molecule has 0 bridgehead atoms. The highest BCUT2D eigenvalue weighted by Crippen LogP contribution is 2.25. The third-order valence-corrected chi connectivity index (χ3v) is 5.32. The Kier molecular flexibility index (Phi) is 10.7. The fourth-order valence-corrected chi connectivity index (χ4v) is 3.13. The second-order valence-electron chi connectivity index (χ2n) is 8.41. The van der Waals surface area contributed by atoms with E-state index in [1.54, 1.807) is 58.9 Å². The van der Waals surface area contributed by atoms with E-state index >= 15 is 0 Å². The minimum Gasteiger partial charge on any atom is -0.464 e. The molecule has 0 unspecified atom stereocenters. The van der Waals surface area contributed by atoms with E-state index in [9.17, 15) is 19.2 Å². The standard InChI is InChI=1S/C23H34ClN3O5/c1-7-32-21(30)18(12-13-25-15(4)28)26-20(29)19(14(2)3)27-22(31)23(5,6)16-8-10-17(24)11-9-16/h8-11,14,18-19H,7,12-13H2,1-6H3,(H,25,28)(H,26,29)(H,27,31)/t18-,19+/m1/s1. The number of amides is 3. The van der Waals surface area contributed by atoms with Crippen LogP contribution in [0.3, 0.4) is 0 Å². The molecule has 0 fully saturated rings. The van der Waals surface area contributed by atoms with Gasteiger partial charge in [-0.1, -0.05) is 37.6 Å². The molecule has 0 heterocycles. The van der Waals surface area contributed by atoms with Crippen molar-refractivity contribution >= 4 is 35.3 Å². The lowest BCUT2D eigenvalue weighted by Crippen LogP contribution is -2.56. The molecule has 2 atom stereocenters. The maximum absolute atomic E-state index is 13.1. The Morgan fingerprint density at radius 2 is 1.66 bits per heavy atom. The van der Waals surface area contributed by atoms with Gasteiger partial charge in [0.05, 0.1) is 12.0 Å². The first-order valence-electron chi connectivity index (χ1n) is 10.7. The van der Waals surface area contributed by atoms with E-state index in [0.29, 0.717) is 5.02 Å². The maximum atomic E-state index is 13.1. The van der Waals surface area contributed by atoms with E-state index in [2.05, 4.69) is 16.0 Å². The zero-order valence-corrected chi connectivity index (χ0v) is 20.3. The van der Waals surface area contributed by atoms with Crippen molar-refractivity contribution in [3.05, 3.63) is 34.9 Å². The number of ether oxygens (including phenoxy) is 1. The second kappa shape index (κ2) is 12.4. The average molecular weight is 468 g/mol. The van der Waals surface area contributed by atoms with Crippen molar-refractivity contribution in [3.63, 3.8) is 0 Å². The molecular weight excluding hydrogens is 434 g/mol. The van der Waals surface area contributed by atoms with Crippen LogP contribution in [0.25, 0.3) is 0 Å². The van der Waals surface area contributed by atoms with Crippen LogP contribution >= 0.6 is 11.6 Å². The van der Waals surface area contributed by atoms with Crippen LogP contribution < -0.4 is 16.0 Å². The Morgan fingerprint density at radius 3 is 2.16 bits per heavy atom. The Hall–Kier alpha value is -2.61. The number of hydrogen-bond acceptors (Lipinski definition) is 5. The Morgan fingerprint density at radius 1 is 1.06 bits per heavy atom. The van der Waals surface area contributed by atoms with Crippen LogP contribution in [0.4, 0.5) is 0 Å². The third-order valence-electron chi connectivity index (χ3n) is 5.06. The third kappa shape index (κ3) is 8.15. The van der Waals surface area contributed by atoms with Gasteiger partial charge in [-0.05, 0) is 50.8 Å². The van der Waals surface area contributed by atoms with Gasteiger partial charge in [0.25, 0.3) is 0 Å². The first-order chi connectivity index (χ1) is 14.9.